The number of carbonyl (C=O) groups excluding carboxylic acids is 2. The molecule has 12 heteroatoms. The van der Waals surface area contributed by atoms with Crippen molar-refractivity contribution in [3.05, 3.63) is 59.2 Å². The molecular weight excluding hydrogens is 468 g/mol. The molecular formula is C24H36N6O6. The van der Waals surface area contributed by atoms with Crippen molar-refractivity contribution in [3.63, 3.8) is 0 Å². The van der Waals surface area contributed by atoms with Gasteiger partial charge in [0.25, 0.3) is 11.8 Å². The lowest BCUT2D eigenvalue weighted by Gasteiger charge is -2.21. The lowest BCUT2D eigenvalue weighted by Crippen LogP contribution is -2.31. The molecule has 0 atom stereocenters. The molecule has 36 heavy (non-hydrogen) atoms. The molecule has 0 aliphatic carbocycles. The van der Waals surface area contributed by atoms with E-state index in [4.69, 9.17) is 20.9 Å². The predicted octanol–water partition coefficient (Wildman–Crippen LogP) is -1.00. The van der Waals surface area contributed by atoms with Crippen molar-refractivity contribution in [3.8, 4) is 0 Å². The smallest absolute Gasteiger partial charge is 0.267 e. The third kappa shape index (κ3) is 11.2. The van der Waals surface area contributed by atoms with E-state index < -0.39 is 11.8 Å². The summed E-state index contributed by atoms with van der Waals surface area (Å²) in [7, 11) is 0. The van der Waals surface area contributed by atoms with Crippen molar-refractivity contribution in [1.29, 1.82) is 0 Å². The Morgan fingerprint density at radius 2 is 1.11 bits per heavy atom. The molecule has 0 aliphatic rings. The maximum absolute atomic E-state index is 11.3. The molecule has 2 amide bonds. The number of carbonyl (C=O) groups is 2. The molecule has 0 aliphatic heterocycles. The van der Waals surface area contributed by atoms with Crippen LogP contribution < -0.4 is 11.5 Å². The highest BCUT2D eigenvalue weighted by molar-refractivity contribution is 5.91. The van der Waals surface area contributed by atoms with Gasteiger partial charge in [0.05, 0.1) is 51.0 Å². The fraction of sp³-hybridized carbons (Fsp3) is 0.500. The molecule has 0 unspecified atom stereocenters. The molecule has 0 saturated heterocycles. The summed E-state index contributed by atoms with van der Waals surface area (Å²) in [4.78, 5) is 35.0. The Morgan fingerprint density at radius 3 is 1.47 bits per heavy atom. The van der Waals surface area contributed by atoms with Crippen LogP contribution in [-0.4, -0.2) is 108 Å². The SMILES string of the molecule is NC(=O)c1cccc(CN(CCO)CCOCCOCCN(CCO)Cc2cccc(C(N)=O)n2)n1. The molecule has 2 aromatic heterocycles. The Hall–Kier alpha value is -3.00. The number of aliphatic hydroxyl groups is 2. The largest absolute Gasteiger partial charge is 0.395 e. The molecule has 0 spiro atoms. The predicted molar refractivity (Wildman–Crippen MR) is 132 cm³/mol. The highest BCUT2D eigenvalue weighted by Gasteiger charge is 2.10. The van der Waals surface area contributed by atoms with Gasteiger partial charge in [0.15, 0.2) is 0 Å². The molecule has 198 valence electrons. The van der Waals surface area contributed by atoms with Crippen molar-refractivity contribution in [2.45, 2.75) is 13.1 Å². The number of pyridine rings is 2. The molecule has 0 aromatic carbocycles. The average Bonchev–Trinajstić information content (AvgIpc) is 2.86. The quantitative estimate of drug-likeness (QED) is 0.173. The van der Waals surface area contributed by atoms with Gasteiger partial charge in [0, 0.05) is 39.3 Å². The first-order valence-corrected chi connectivity index (χ1v) is 11.8. The standard InChI is InChI=1S/C24H36N6O6/c25-23(33)21-5-1-3-19(27-21)17-29(7-11-31)9-13-35-15-16-36-14-10-30(8-12-32)18-20-4-2-6-22(28-20)24(26)34/h1-6,31-32H,7-18H2,(H2,25,33)(H2,26,34). The normalized spacial score (nSPS) is 11.3. The fourth-order valence-electron chi connectivity index (χ4n) is 3.40. The zero-order valence-electron chi connectivity index (χ0n) is 20.4. The summed E-state index contributed by atoms with van der Waals surface area (Å²) in [5.41, 5.74) is 12.4. The minimum Gasteiger partial charge on any atom is -0.395 e. The minimum atomic E-state index is -0.581. The molecule has 2 rings (SSSR count). The van der Waals surface area contributed by atoms with E-state index in [9.17, 15) is 19.8 Å². The highest BCUT2D eigenvalue weighted by atomic mass is 16.5. The molecule has 0 saturated carbocycles. The third-order valence-electron chi connectivity index (χ3n) is 5.20. The maximum Gasteiger partial charge on any atom is 0.267 e. The highest BCUT2D eigenvalue weighted by Crippen LogP contribution is 2.05. The second kappa shape index (κ2) is 16.6. The number of hydrogen-bond donors (Lipinski definition) is 4. The van der Waals surface area contributed by atoms with E-state index in [2.05, 4.69) is 9.97 Å². The third-order valence-corrected chi connectivity index (χ3v) is 5.20. The van der Waals surface area contributed by atoms with Crippen molar-refractivity contribution >= 4 is 11.8 Å². The average molecular weight is 505 g/mol. The molecule has 2 aromatic rings. The number of hydrogen-bond acceptors (Lipinski definition) is 10. The molecule has 0 fully saturated rings. The fourth-order valence-corrected chi connectivity index (χ4v) is 3.40. The van der Waals surface area contributed by atoms with Crippen LogP contribution in [0.1, 0.15) is 32.4 Å². The second-order valence-electron chi connectivity index (χ2n) is 7.98. The van der Waals surface area contributed by atoms with Gasteiger partial charge in [-0.05, 0) is 24.3 Å². The Kier molecular flexibility index (Phi) is 13.5. The van der Waals surface area contributed by atoms with Crippen LogP contribution in [-0.2, 0) is 22.6 Å². The zero-order valence-corrected chi connectivity index (χ0v) is 20.4. The lowest BCUT2D eigenvalue weighted by atomic mass is 10.2. The first-order chi connectivity index (χ1) is 17.4. The number of amides is 2. The molecule has 0 radical (unpaired) electrons. The van der Waals surface area contributed by atoms with Crippen molar-refractivity contribution in [2.24, 2.45) is 11.5 Å². The van der Waals surface area contributed by atoms with Gasteiger partial charge in [-0.3, -0.25) is 19.4 Å². The molecule has 12 nitrogen and oxygen atoms in total. The monoisotopic (exact) mass is 504 g/mol. The van der Waals surface area contributed by atoms with Crippen LogP contribution in [0.25, 0.3) is 0 Å². The summed E-state index contributed by atoms with van der Waals surface area (Å²) in [5, 5.41) is 18.7. The van der Waals surface area contributed by atoms with Crippen LogP contribution in [0.4, 0.5) is 0 Å². The maximum atomic E-state index is 11.3. The topological polar surface area (TPSA) is 177 Å². The summed E-state index contributed by atoms with van der Waals surface area (Å²) >= 11 is 0. The van der Waals surface area contributed by atoms with Crippen LogP contribution in [0.3, 0.4) is 0 Å². The van der Waals surface area contributed by atoms with Crippen molar-refractivity contribution in [2.75, 3.05) is 65.8 Å². The Morgan fingerprint density at radius 1 is 0.694 bits per heavy atom. The lowest BCUT2D eigenvalue weighted by molar-refractivity contribution is 0.0268. The van der Waals surface area contributed by atoms with Crippen LogP contribution in [0.15, 0.2) is 36.4 Å². The van der Waals surface area contributed by atoms with Gasteiger partial charge in [-0.15, -0.1) is 0 Å². The van der Waals surface area contributed by atoms with Crippen LogP contribution in [0.5, 0.6) is 0 Å². The van der Waals surface area contributed by atoms with E-state index in [1.165, 1.54) is 0 Å². The van der Waals surface area contributed by atoms with Gasteiger partial charge in [-0.2, -0.15) is 0 Å². The van der Waals surface area contributed by atoms with Crippen molar-refractivity contribution in [1.82, 2.24) is 19.8 Å². The summed E-state index contributed by atoms with van der Waals surface area (Å²) in [6, 6.07) is 10.2. The van der Waals surface area contributed by atoms with Gasteiger partial charge in [-0.25, -0.2) is 9.97 Å². The van der Waals surface area contributed by atoms with Crippen LogP contribution in [0, 0.1) is 0 Å². The number of primary amides is 2. The number of aliphatic hydroxyl groups excluding tert-OH is 2. The van der Waals surface area contributed by atoms with E-state index in [0.29, 0.717) is 77.1 Å². The van der Waals surface area contributed by atoms with Crippen LogP contribution >= 0.6 is 0 Å². The number of nitrogens with zero attached hydrogens (tertiary/aromatic N) is 4. The Balaban J connectivity index is 1.65. The Bertz CT molecular complexity index is 871. The van der Waals surface area contributed by atoms with Gasteiger partial charge in [0.1, 0.15) is 11.4 Å². The Labute approximate surface area is 210 Å². The summed E-state index contributed by atoms with van der Waals surface area (Å²) < 4.78 is 11.3. The number of ether oxygens (including phenoxy) is 2. The number of aromatic nitrogens is 2. The zero-order chi connectivity index (χ0) is 26.2. The number of nitrogens with two attached hydrogens (primary N) is 2. The van der Waals surface area contributed by atoms with Gasteiger partial charge >= 0.3 is 0 Å². The van der Waals surface area contributed by atoms with Gasteiger partial charge in [-0.1, -0.05) is 12.1 Å². The summed E-state index contributed by atoms with van der Waals surface area (Å²) in [5.74, 6) is -1.16. The van der Waals surface area contributed by atoms with Gasteiger partial charge in [0.2, 0.25) is 0 Å². The molecule has 0 bridgehead atoms. The van der Waals surface area contributed by atoms with E-state index in [1.807, 2.05) is 9.80 Å². The van der Waals surface area contributed by atoms with E-state index >= 15 is 0 Å². The molecule has 6 N–H and O–H groups in total. The summed E-state index contributed by atoms with van der Waals surface area (Å²) in [6.07, 6.45) is 0. The van der Waals surface area contributed by atoms with E-state index in [1.54, 1.807) is 36.4 Å². The summed E-state index contributed by atoms with van der Waals surface area (Å²) in [6.45, 7) is 4.63. The van der Waals surface area contributed by atoms with E-state index in [-0.39, 0.29) is 24.6 Å². The minimum absolute atomic E-state index is 0.00863. The first kappa shape index (κ1) is 29.2. The number of rotatable bonds is 19. The van der Waals surface area contributed by atoms with E-state index in [0.717, 1.165) is 0 Å². The van der Waals surface area contributed by atoms with Crippen LogP contribution in [0.2, 0.25) is 0 Å². The van der Waals surface area contributed by atoms with Gasteiger partial charge < -0.3 is 31.2 Å². The molecule has 2 heterocycles. The first-order valence-electron chi connectivity index (χ1n) is 11.8. The second-order valence-corrected chi connectivity index (χ2v) is 7.98. The van der Waals surface area contributed by atoms with Crippen molar-refractivity contribution < 1.29 is 29.3 Å².